The molecule has 0 bridgehead atoms. The molecule has 0 radical (unpaired) electrons. The second-order valence-corrected chi connectivity index (χ2v) is 13.2. The van der Waals surface area contributed by atoms with Gasteiger partial charge in [-0.1, -0.05) is 63.8 Å². The molecule has 0 saturated carbocycles. The van der Waals surface area contributed by atoms with Crippen molar-refractivity contribution in [2.75, 3.05) is 19.8 Å². The van der Waals surface area contributed by atoms with E-state index in [2.05, 4.69) is 15.5 Å². The van der Waals surface area contributed by atoms with Crippen molar-refractivity contribution in [3.05, 3.63) is 52.9 Å². The molecule has 2 aromatic heterocycles. The average molecular weight is 669 g/mol. The van der Waals surface area contributed by atoms with Crippen molar-refractivity contribution in [2.45, 2.75) is 104 Å². The lowest BCUT2D eigenvalue weighted by Gasteiger charge is -2.28. The highest BCUT2D eigenvalue weighted by Gasteiger charge is 2.43. The van der Waals surface area contributed by atoms with Crippen LogP contribution in [0, 0.1) is 12.8 Å². The van der Waals surface area contributed by atoms with Crippen LogP contribution in [0.4, 0.5) is 0 Å². The van der Waals surface area contributed by atoms with E-state index in [4.69, 9.17) is 14.0 Å². The first-order valence-corrected chi connectivity index (χ1v) is 17.6. The summed E-state index contributed by atoms with van der Waals surface area (Å²) < 4.78 is 16.3. The van der Waals surface area contributed by atoms with Crippen molar-refractivity contribution in [2.24, 2.45) is 5.92 Å². The number of nitrogens with zero attached hydrogens (tertiary/aromatic N) is 3. The minimum atomic E-state index is -0.796. The molecule has 1 aliphatic heterocycles. The third kappa shape index (κ3) is 10.4. The molecular weight excluding hydrogens is 620 g/mol. The Morgan fingerprint density at radius 1 is 1.11 bits per heavy atom. The molecule has 12 heteroatoms. The number of aliphatic hydroxyl groups excluding tert-OH is 1. The van der Waals surface area contributed by atoms with Gasteiger partial charge in [0.25, 0.3) is 5.88 Å². The van der Waals surface area contributed by atoms with E-state index in [1.165, 1.54) is 4.90 Å². The van der Waals surface area contributed by atoms with E-state index in [1.54, 1.807) is 17.4 Å². The monoisotopic (exact) mass is 668 g/mol. The fourth-order valence-corrected chi connectivity index (χ4v) is 6.67. The molecule has 1 aliphatic rings. The Morgan fingerprint density at radius 3 is 2.51 bits per heavy atom. The molecule has 2 amide bonds. The normalized spacial score (nSPS) is 16.8. The number of carbonyl (C=O) groups excluding carboxylic acids is 3. The van der Waals surface area contributed by atoms with Crippen LogP contribution < -0.4 is 10.1 Å². The van der Waals surface area contributed by atoms with E-state index in [-0.39, 0.29) is 36.7 Å². The lowest BCUT2D eigenvalue weighted by atomic mass is 9.91. The van der Waals surface area contributed by atoms with Crippen LogP contribution in [0.3, 0.4) is 0 Å². The number of benzene rings is 1. The van der Waals surface area contributed by atoms with Gasteiger partial charge in [-0.05, 0) is 48.9 Å². The predicted molar refractivity (Wildman–Crippen MR) is 179 cm³/mol. The Balaban J connectivity index is 1.25. The topological polar surface area (TPSA) is 144 Å². The fourth-order valence-electron chi connectivity index (χ4n) is 5.85. The second-order valence-electron chi connectivity index (χ2n) is 12.4. The summed E-state index contributed by atoms with van der Waals surface area (Å²) in [4.78, 5) is 45.5. The summed E-state index contributed by atoms with van der Waals surface area (Å²) in [5.74, 6) is -0.855. The summed E-state index contributed by atoms with van der Waals surface area (Å²) in [6.07, 6.45) is 5.64. The van der Waals surface area contributed by atoms with E-state index >= 15 is 0 Å². The number of hydrogen-bond acceptors (Lipinski definition) is 10. The molecule has 1 unspecified atom stereocenters. The van der Waals surface area contributed by atoms with Gasteiger partial charge in [-0.15, -0.1) is 11.3 Å². The van der Waals surface area contributed by atoms with Gasteiger partial charge in [0.2, 0.25) is 11.8 Å². The third-order valence-corrected chi connectivity index (χ3v) is 9.35. The van der Waals surface area contributed by atoms with Gasteiger partial charge in [0.1, 0.15) is 12.0 Å². The van der Waals surface area contributed by atoms with Gasteiger partial charge in [0.05, 0.1) is 35.4 Å². The Kier molecular flexibility index (Phi) is 13.8. The molecule has 0 spiro atoms. The Labute approximate surface area is 281 Å². The molecule has 11 nitrogen and oxygen atoms in total. The Hall–Kier alpha value is -3.77. The minimum Gasteiger partial charge on any atom is -0.476 e. The number of esters is 1. The number of hydrogen-bond donors (Lipinski definition) is 2. The van der Waals surface area contributed by atoms with E-state index in [0.717, 1.165) is 60.2 Å². The molecule has 47 heavy (non-hydrogen) atoms. The molecule has 1 fully saturated rings. The van der Waals surface area contributed by atoms with Crippen LogP contribution in [-0.2, 0) is 25.7 Å². The summed E-state index contributed by atoms with van der Waals surface area (Å²) in [7, 11) is 0. The number of carbonyl (C=O) groups is 3. The number of rotatable bonds is 18. The molecular formula is C35H48N4O7S. The van der Waals surface area contributed by atoms with Gasteiger partial charge in [-0.25, -0.2) is 4.98 Å². The van der Waals surface area contributed by atoms with Gasteiger partial charge >= 0.3 is 5.97 Å². The number of aliphatic hydroxyl groups is 1. The standard InChI is InChI=1S/C35H48N4O7S/c1-5-44-31(41)12-10-8-6-7-9-11-17-45-30-19-29(46-38-30)32(23(2)3)35(43)39-21-27(40)18-28(39)34(42)36-20-25-13-15-26(16-14-25)33-24(4)37-22-47-33/h13-16,19,22-23,27-28,32,40H,5-12,17-18,20-21H2,1-4H3,(H,36,42)/t27-,28+,32?/m1/s1. The van der Waals surface area contributed by atoms with E-state index in [1.807, 2.05) is 57.5 Å². The smallest absolute Gasteiger partial charge is 0.305 e. The van der Waals surface area contributed by atoms with Crippen molar-refractivity contribution in [1.82, 2.24) is 20.4 Å². The highest BCUT2D eigenvalue weighted by Crippen LogP contribution is 2.32. The number of aryl methyl sites for hydroxylation is 1. The molecule has 256 valence electrons. The maximum atomic E-state index is 13.9. The van der Waals surface area contributed by atoms with Crippen molar-refractivity contribution in [3.63, 3.8) is 0 Å². The van der Waals surface area contributed by atoms with E-state index in [9.17, 15) is 19.5 Å². The minimum absolute atomic E-state index is 0.0728. The quantitative estimate of drug-likeness (QED) is 0.127. The third-order valence-electron chi connectivity index (χ3n) is 8.37. The molecule has 3 atom stereocenters. The first-order valence-electron chi connectivity index (χ1n) is 16.7. The lowest BCUT2D eigenvalue weighted by Crippen LogP contribution is -2.48. The average Bonchev–Trinajstić information content (AvgIpc) is 3.79. The van der Waals surface area contributed by atoms with Crippen LogP contribution in [0.2, 0.25) is 0 Å². The molecule has 4 rings (SSSR count). The van der Waals surface area contributed by atoms with Crippen LogP contribution in [0.5, 0.6) is 5.88 Å². The van der Waals surface area contributed by atoms with Crippen LogP contribution in [0.15, 0.2) is 40.4 Å². The number of β-amino-alcohol motifs (C(OH)–C–C–N with tert-alkyl or cyclic N) is 1. The number of nitrogens with one attached hydrogen (secondary N) is 1. The van der Waals surface area contributed by atoms with Gasteiger partial charge < -0.3 is 29.3 Å². The molecule has 0 aliphatic carbocycles. The predicted octanol–water partition coefficient (Wildman–Crippen LogP) is 5.80. The highest BCUT2D eigenvalue weighted by atomic mass is 32.1. The molecule has 1 aromatic carbocycles. The zero-order chi connectivity index (χ0) is 33.8. The zero-order valence-corrected chi connectivity index (χ0v) is 28.7. The Bertz CT molecular complexity index is 1440. The number of aromatic nitrogens is 2. The number of amides is 2. The van der Waals surface area contributed by atoms with Gasteiger partial charge in [0, 0.05) is 32.0 Å². The fraction of sp³-hybridized carbons (Fsp3) is 0.571. The van der Waals surface area contributed by atoms with Crippen LogP contribution >= 0.6 is 11.3 Å². The first-order chi connectivity index (χ1) is 22.7. The number of ether oxygens (including phenoxy) is 2. The molecule has 2 N–H and O–H groups in total. The van der Waals surface area contributed by atoms with Crippen molar-refractivity contribution in [3.8, 4) is 16.3 Å². The summed E-state index contributed by atoms with van der Waals surface area (Å²) in [6.45, 7) is 8.90. The van der Waals surface area contributed by atoms with Crippen LogP contribution in [-0.4, -0.2) is 69.8 Å². The Morgan fingerprint density at radius 2 is 1.83 bits per heavy atom. The lowest BCUT2D eigenvalue weighted by molar-refractivity contribution is -0.143. The van der Waals surface area contributed by atoms with Crippen molar-refractivity contribution < 1.29 is 33.5 Å². The van der Waals surface area contributed by atoms with E-state index < -0.39 is 18.1 Å². The zero-order valence-electron chi connectivity index (χ0n) is 27.9. The summed E-state index contributed by atoms with van der Waals surface area (Å²) in [6, 6.07) is 8.82. The molecule has 3 aromatic rings. The summed E-state index contributed by atoms with van der Waals surface area (Å²) in [5, 5.41) is 17.5. The largest absolute Gasteiger partial charge is 0.476 e. The van der Waals surface area contributed by atoms with Crippen molar-refractivity contribution >= 4 is 29.1 Å². The van der Waals surface area contributed by atoms with Gasteiger partial charge in [0.15, 0.2) is 5.76 Å². The number of thiazole rings is 1. The number of unbranched alkanes of at least 4 members (excludes halogenated alkanes) is 5. The van der Waals surface area contributed by atoms with Crippen molar-refractivity contribution in [1.29, 1.82) is 0 Å². The maximum Gasteiger partial charge on any atom is 0.305 e. The van der Waals surface area contributed by atoms with Gasteiger partial charge in [-0.2, -0.15) is 0 Å². The SMILES string of the molecule is CCOC(=O)CCCCCCCCOc1cc(C(C(=O)N2C[C@H](O)C[C@H]2C(=O)NCc2ccc(-c3scnc3C)cc2)C(C)C)on1. The second kappa shape index (κ2) is 18.0. The summed E-state index contributed by atoms with van der Waals surface area (Å²) in [5.41, 5.74) is 4.82. The van der Waals surface area contributed by atoms with E-state index in [0.29, 0.717) is 37.8 Å². The highest BCUT2D eigenvalue weighted by molar-refractivity contribution is 7.13. The van der Waals surface area contributed by atoms with Crippen LogP contribution in [0.1, 0.15) is 95.1 Å². The summed E-state index contributed by atoms with van der Waals surface area (Å²) >= 11 is 1.59. The van der Waals surface area contributed by atoms with Crippen LogP contribution in [0.25, 0.3) is 10.4 Å². The van der Waals surface area contributed by atoms with Gasteiger partial charge in [-0.3, -0.25) is 14.4 Å². The number of likely N-dealkylation sites (tertiary alicyclic amines) is 1. The maximum absolute atomic E-state index is 13.9. The molecule has 1 saturated heterocycles. The first kappa shape index (κ1) is 36.1. The molecule has 3 heterocycles.